The number of likely N-dealkylation sites (N-methyl/N-ethyl adjacent to an activating group) is 1. The number of fused-ring (bicyclic) bond motifs is 1. The Kier molecular flexibility index (Phi) is 10.8. The third kappa shape index (κ3) is 8.22. The maximum Gasteiger partial charge on any atom is 0.416 e. The summed E-state index contributed by atoms with van der Waals surface area (Å²) in [4.78, 5) is 43.0. The molecule has 2 N–H and O–H groups in total. The summed E-state index contributed by atoms with van der Waals surface area (Å²) in [6, 6.07) is 8.16. The number of rotatable bonds is 4. The molecular weight excluding hydrogens is 577 g/mol. The molecule has 1 aliphatic carbocycles. The van der Waals surface area contributed by atoms with Crippen LogP contribution in [0.4, 0.5) is 29.3 Å². The van der Waals surface area contributed by atoms with E-state index in [-0.39, 0.29) is 54.8 Å². The number of nitrogens with zero attached hydrogens (tertiary/aromatic N) is 2. The first kappa shape index (κ1) is 33.1. The number of carbonyl (C=O) groups is 3. The SMILES string of the molecule is CO[C@@H]1CN(C)C(=O)c2ccc(NC(=O)C3CCCCC3)cc2OC[C@@H](C)N(C(=O)Nc2ccc(C(F)(F)F)cc2)C[C@H]1C. The predicted octanol–water partition coefficient (Wildman–Crippen LogP) is 6.26. The van der Waals surface area contributed by atoms with E-state index in [1.165, 1.54) is 17.0 Å². The molecule has 4 amide bonds. The van der Waals surface area contributed by atoms with Crippen molar-refractivity contribution in [1.82, 2.24) is 9.80 Å². The molecule has 0 saturated heterocycles. The van der Waals surface area contributed by atoms with Crippen molar-refractivity contribution in [3.05, 3.63) is 53.6 Å². The third-order valence-corrected chi connectivity index (χ3v) is 8.41. The summed E-state index contributed by atoms with van der Waals surface area (Å²) < 4.78 is 50.9. The van der Waals surface area contributed by atoms with Crippen LogP contribution in [0.1, 0.15) is 61.9 Å². The average Bonchev–Trinajstić information content (AvgIpc) is 3.00. The zero-order valence-corrected chi connectivity index (χ0v) is 25.6. The Morgan fingerprint density at radius 2 is 1.61 bits per heavy atom. The molecule has 44 heavy (non-hydrogen) atoms. The predicted molar refractivity (Wildman–Crippen MR) is 161 cm³/mol. The molecule has 0 bridgehead atoms. The van der Waals surface area contributed by atoms with Crippen LogP contribution in [0.5, 0.6) is 5.75 Å². The van der Waals surface area contributed by atoms with Gasteiger partial charge in [0, 0.05) is 56.5 Å². The average molecular weight is 619 g/mol. The fourth-order valence-corrected chi connectivity index (χ4v) is 5.68. The van der Waals surface area contributed by atoms with Gasteiger partial charge in [-0.3, -0.25) is 9.59 Å². The minimum absolute atomic E-state index is 0.00875. The van der Waals surface area contributed by atoms with Crippen molar-refractivity contribution in [3.63, 3.8) is 0 Å². The normalized spacial score (nSPS) is 22.2. The molecule has 1 aliphatic heterocycles. The van der Waals surface area contributed by atoms with E-state index in [9.17, 15) is 27.6 Å². The molecule has 240 valence electrons. The Morgan fingerprint density at radius 1 is 0.955 bits per heavy atom. The third-order valence-electron chi connectivity index (χ3n) is 8.41. The Morgan fingerprint density at radius 3 is 2.25 bits per heavy atom. The number of nitrogens with one attached hydrogen (secondary N) is 2. The topological polar surface area (TPSA) is 100 Å². The molecule has 0 spiro atoms. The van der Waals surface area contributed by atoms with Crippen LogP contribution in [0.25, 0.3) is 0 Å². The van der Waals surface area contributed by atoms with Crippen molar-refractivity contribution in [2.75, 3.05) is 44.5 Å². The van der Waals surface area contributed by atoms with Gasteiger partial charge in [-0.05, 0) is 56.2 Å². The monoisotopic (exact) mass is 618 g/mol. The summed E-state index contributed by atoms with van der Waals surface area (Å²) in [6.45, 7) is 4.16. The number of hydrogen-bond donors (Lipinski definition) is 2. The second-order valence-corrected chi connectivity index (χ2v) is 11.8. The van der Waals surface area contributed by atoms with Gasteiger partial charge < -0.3 is 29.9 Å². The van der Waals surface area contributed by atoms with Gasteiger partial charge in [0.15, 0.2) is 0 Å². The van der Waals surface area contributed by atoms with Crippen LogP contribution in [-0.4, -0.2) is 73.6 Å². The summed E-state index contributed by atoms with van der Waals surface area (Å²) in [6.07, 6.45) is -0.0429. The van der Waals surface area contributed by atoms with Gasteiger partial charge in [-0.25, -0.2) is 4.79 Å². The molecule has 12 heteroatoms. The van der Waals surface area contributed by atoms with E-state index >= 15 is 0 Å². The van der Waals surface area contributed by atoms with Crippen molar-refractivity contribution in [1.29, 1.82) is 0 Å². The lowest BCUT2D eigenvalue weighted by Gasteiger charge is -2.36. The Labute approximate surface area is 256 Å². The lowest BCUT2D eigenvalue weighted by Crippen LogP contribution is -2.50. The van der Waals surface area contributed by atoms with Gasteiger partial charge in [0.05, 0.1) is 23.3 Å². The molecule has 2 aliphatic rings. The highest BCUT2D eigenvalue weighted by atomic mass is 19.4. The number of amides is 4. The molecule has 3 atom stereocenters. The Balaban J connectivity index is 1.58. The number of urea groups is 1. The van der Waals surface area contributed by atoms with Crippen molar-refractivity contribution in [2.24, 2.45) is 11.8 Å². The van der Waals surface area contributed by atoms with Gasteiger partial charge in [0.25, 0.3) is 5.91 Å². The van der Waals surface area contributed by atoms with Gasteiger partial charge >= 0.3 is 12.2 Å². The first-order valence-electron chi connectivity index (χ1n) is 15.0. The molecule has 0 unspecified atom stereocenters. The number of ether oxygens (including phenoxy) is 2. The molecule has 2 aromatic rings. The standard InChI is InChI=1S/C32H41F3N4O5/c1-20-17-39(31(42)37-24-12-10-23(11-13-24)32(33,34)35)21(2)19-44-27-16-25(36-29(40)22-8-6-5-7-9-22)14-15-26(27)30(41)38(3)18-28(20)43-4/h10-16,20-22,28H,5-9,17-19H2,1-4H3,(H,36,40)(H,37,42)/t20-,21-,28-/m1/s1. The van der Waals surface area contributed by atoms with Crippen LogP contribution in [0, 0.1) is 11.8 Å². The maximum atomic E-state index is 13.5. The molecule has 9 nitrogen and oxygen atoms in total. The second-order valence-electron chi connectivity index (χ2n) is 11.8. The number of anilines is 2. The van der Waals surface area contributed by atoms with E-state index in [4.69, 9.17) is 9.47 Å². The van der Waals surface area contributed by atoms with Gasteiger partial charge in [-0.15, -0.1) is 0 Å². The van der Waals surface area contributed by atoms with E-state index in [0.717, 1.165) is 44.2 Å². The summed E-state index contributed by atoms with van der Waals surface area (Å²) in [5.74, 6) is -0.335. The lowest BCUT2D eigenvalue weighted by molar-refractivity contribution is -0.137. The van der Waals surface area contributed by atoms with Crippen molar-refractivity contribution >= 4 is 29.2 Å². The highest BCUT2D eigenvalue weighted by molar-refractivity contribution is 5.99. The quantitative estimate of drug-likeness (QED) is 0.421. The van der Waals surface area contributed by atoms with Crippen LogP contribution in [0.15, 0.2) is 42.5 Å². The second kappa shape index (κ2) is 14.3. The zero-order chi connectivity index (χ0) is 32.0. The molecular formula is C32H41F3N4O5. The van der Waals surface area contributed by atoms with Crippen LogP contribution in [0.2, 0.25) is 0 Å². The van der Waals surface area contributed by atoms with Crippen molar-refractivity contribution < 1.29 is 37.0 Å². The summed E-state index contributed by atoms with van der Waals surface area (Å²) in [5, 5.41) is 5.66. The smallest absolute Gasteiger partial charge is 0.416 e. The Bertz CT molecular complexity index is 1310. The van der Waals surface area contributed by atoms with Gasteiger partial charge in [0.1, 0.15) is 12.4 Å². The van der Waals surface area contributed by atoms with Crippen LogP contribution < -0.4 is 15.4 Å². The van der Waals surface area contributed by atoms with Crippen LogP contribution in [-0.2, 0) is 15.7 Å². The number of methoxy groups -OCH3 is 1. The van der Waals surface area contributed by atoms with E-state index in [0.29, 0.717) is 11.3 Å². The molecule has 1 saturated carbocycles. The van der Waals surface area contributed by atoms with E-state index in [1.807, 2.05) is 6.92 Å². The first-order valence-corrected chi connectivity index (χ1v) is 15.0. The van der Waals surface area contributed by atoms with E-state index in [1.54, 1.807) is 44.2 Å². The Hall–Kier alpha value is -3.80. The van der Waals surface area contributed by atoms with Crippen molar-refractivity contribution in [2.45, 2.75) is 64.3 Å². The van der Waals surface area contributed by atoms with E-state index < -0.39 is 29.9 Å². The molecule has 1 fully saturated rings. The highest BCUT2D eigenvalue weighted by Crippen LogP contribution is 2.31. The molecule has 0 radical (unpaired) electrons. The summed E-state index contributed by atoms with van der Waals surface area (Å²) in [7, 11) is 3.20. The molecule has 1 heterocycles. The minimum atomic E-state index is -4.49. The zero-order valence-electron chi connectivity index (χ0n) is 25.6. The minimum Gasteiger partial charge on any atom is -0.491 e. The molecule has 0 aromatic heterocycles. The number of halogens is 3. The fourth-order valence-electron chi connectivity index (χ4n) is 5.68. The van der Waals surface area contributed by atoms with Gasteiger partial charge in [-0.2, -0.15) is 13.2 Å². The molecule has 2 aromatic carbocycles. The summed E-state index contributed by atoms with van der Waals surface area (Å²) >= 11 is 0. The summed E-state index contributed by atoms with van der Waals surface area (Å²) in [5.41, 5.74) is 0.216. The van der Waals surface area contributed by atoms with Crippen molar-refractivity contribution in [3.8, 4) is 5.75 Å². The fraction of sp³-hybridized carbons (Fsp3) is 0.531. The number of hydrogen-bond acceptors (Lipinski definition) is 5. The first-order chi connectivity index (χ1) is 20.9. The van der Waals surface area contributed by atoms with E-state index in [2.05, 4.69) is 10.6 Å². The lowest BCUT2D eigenvalue weighted by atomic mass is 9.88. The maximum absolute atomic E-state index is 13.5. The number of alkyl halides is 3. The van der Waals surface area contributed by atoms with Crippen LogP contribution in [0.3, 0.4) is 0 Å². The number of carbonyl (C=O) groups excluding carboxylic acids is 3. The highest BCUT2D eigenvalue weighted by Gasteiger charge is 2.32. The molecule has 4 rings (SSSR count). The van der Waals surface area contributed by atoms with Gasteiger partial charge in [0.2, 0.25) is 5.91 Å². The van der Waals surface area contributed by atoms with Gasteiger partial charge in [-0.1, -0.05) is 26.2 Å². The number of benzene rings is 2. The largest absolute Gasteiger partial charge is 0.491 e. The van der Waals surface area contributed by atoms with Crippen LogP contribution >= 0.6 is 0 Å².